The highest BCUT2D eigenvalue weighted by Crippen LogP contribution is 2.14. The average molecular weight is 238 g/mol. The van der Waals surface area contributed by atoms with Crippen LogP contribution in [0, 0.1) is 12.3 Å². The van der Waals surface area contributed by atoms with Crippen molar-refractivity contribution in [1.29, 1.82) is 0 Å². The maximum atomic E-state index is 12.2. The Bertz CT molecular complexity index is 636. The minimum atomic E-state index is -0.0516. The van der Waals surface area contributed by atoms with Crippen molar-refractivity contribution in [2.75, 3.05) is 0 Å². The van der Waals surface area contributed by atoms with E-state index in [1.54, 1.807) is 10.8 Å². The Labute approximate surface area is 106 Å². The van der Waals surface area contributed by atoms with Crippen LogP contribution in [0.3, 0.4) is 0 Å². The molecule has 0 saturated carbocycles. The summed E-state index contributed by atoms with van der Waals surface area (Å²) in [4.78, 5) is 16.6. The van der Waals surface area contributed by atoms with Crippen LogP contribution in [0.4, 0.5) is 0 Å². The molecule has 90 valence electrons. The summed E-state index contributed by atoms with van der Waals surface area (Å²) in [5.41, 5.74) is 1.53. The van der Waals surface area contributed by atoms with E-state index in [9.17, 15) is 4.79 Å². The van der Waals surface area contributed by atoms with Crippen LogP contribution >= 0.6 is 0 Å². The zero-order chi connectivity index (χ0) is 13.0. The molecule has 0 unspecified atom stereocenters. The number of rotatable bonds is 3. The second kappa shape index (κ2) is 5.33. The second-order valence-electron chi connectivity index (χ2n) is 3.92. The van der Waals surface area contributed by atoms with Crippen molar-refractivity contribution in [3.05, 3.63) is 52.4 Å². The normalized spacial score (nSPS) is 10.0. The van der Waals surface area contributed by atoms with Gasteiger partial charge in [0.1, 0.15) is 5.82 Å². The highest BCUT2D eigenvalue weighted by Gasteiger charge is 2.09. The standard InChI is InChI=1S/C15H14N2O/c1-3-10-17-14(13-8-6-5-7-9-13)16-11-12(4-2)15(17)18/h1,5-9,11H,4,10H2,2H3. The van der Waals surface area contributed by atoms with Gasteiger partial charge in [0.25, 0.3) is 5.56 Å². The van der Waals surface area contributed by atoms with Gasteiger partial charge in [-0.25, -0.2) is 4.98 Å². The van der Waals surface area contributed by atoms with Crippen LogP contribution in [-0.4, -0.2) is 9.55 Å². The van der Waals surface area contributed by atoms with Crippen LogP contribution in [-0.2, 0) is 13.0 Å². The monoisotopic (exact) mass is 238 g/mol. The lowest BCUT2D eigenvalue weighted by atomic mass is 10.2. The molecule has 2 aromatic rings. The van der Waals surface area contributed by atoms with Crippen molar-refractivity contribution in [2.45, 2.75) is 19.9 Å². The van der Waals surface area contributed by atoms with Gasteiger partial charge in [0.05, 0.1) is 6.54 Å². The van der Waals surface area contributed by atoms with Crippen molar-refractivity contribution >= 4 is 0 Å². The lowest BCUT2D eigenvalue weighted by Crippen LogP contribution is -2.25. The van der Waals surface area contributed by atoms with Crippen molar-refractivity contribution < 1.29 is 0 Å². The summed E-state index contributed by atoms with van der Waals surface area (Å²) < 4.78 is 1.55. The van der Waals surface area contributed by atoms with Crippen molar-refractivity contribution in [2.24, 2.45) is 0 Å². The lowest BCUT2D eigenvalue weighted by Gasteiger charge is -2.10. The summed E-state index contributed by atoms with van der Waals surface area (Å²) in [7, 11) is 0. The predicted molar refractivity (Wildman–Crippen MR) is 72.1 cm³/mol. The van der Waals surface area contributed by atoms with Crippen LogP contribution in [0.5, 0.6) is 0 Å². The van der Waals surface area contributed by atoms with Crippen LogP contribution in [0.1, 0.15) is 12.5 Å². The first kappa shape index (κ1) is 12.1. The third-order valence-electron chi connectivity index (χ3n) is 2.78. The van der Waals surface area contributed by atoms with Gasteiger partial charge in [-0.05, 0) is 6.42 Å². The van der Waals surface area contributed by atoms with Crippen LogP contribution in [0.15, 0.2) is 41.3 Å². The van der Waals surface area contributed by atoms with E-state index >= 15 is 0 Å². The molecule has 0 spiro atoms. The van der Waals surface area contributed by atoms with E-state index in [-0.39, 0.29) is 12.1 Å². The van der Waals surface area contributed by atoms with E-state index in [1.807, 2.05) is 37.3 Å². The number of benzene rings is 1. The van der Waals surface area contributed by atoms with E-state index in [2.05, 4.69) is 10.9 Å². The van der Waals surface area contributed by atoms with E-state index < -0.39 is 0 Å². The highest BCUT2D eigenvalue weighted by atomic mass is 16.1. The smallest absolute Gasteiger partial charge is 0.257 e. The van der Waals surface area contributed by atoms with Gasteiger partial charge in [-0.1, -0.05) is 43.2 Å². The number of hydrogen-bond donors (Lipinski definition) is 0. The first-order valence-electron chi connectivity index (χ1n) is 5.85. The maximum Gasteiger partial charge on any atom is 0.257 e. The number of terminal acetylenes is 1. The quantitative estimate of drug-likeness (QED) is 0.768. The molecule has 0 N–H and O–H groups in total. The first-order chi connectivity index (χ1) is 8.77. The van der Waals surface area contributed by atoms with Crippen LogP contribution in [0.25, 0.3) is 11.4 Å². The molecule has 0 aliphatic carbocycles. The zero-order valence-electron chi connectivity index (χ0n) is 10.3. The molecule has 0 fully saturated rings. The molecule has 18 heavy (non-hydrogen) atoms. The van der Waals surface area contributed by atoms with Crippen molar-refractivity contribution in [3.63, 3.8) is 0 Å². The summed E-state index contributed by atoms with van der Waals surface area (Å²) in [6.07, 6.45) is 7.63. The molecule has 0 aliphatic rings. The Kier molecular flexibility index (Phi) is 3.59. The molecule has 1 aromatic heterocycles. The fourth-order valence-corrected chi connectivity index (χ4v) is 1.83. The summed E-state index contributed by atoms with van der Waals surface area (Å²) in [5, 5.41) is 0. The molecule has 0 amide bonds. The Balaban J connectivity index is 2.66. The SMILES string of the molecule is C#CCn1c(-c2ccccc2)ncc(CC)c1=O. The minimum absolute atomic E-state index is 0.0516. The van der Waals surface area contributed by atoms with Crippen LogP contribution < -0.4 is 5.56 Å². The molecular formula is C15H14N2O. The third kappa shape index (κ3) is 2.18. The van der Waals surface area contributed by atoms with E-state index in [1.165, 1.54) is 0 Å². The van der Waals surface area contributed by atoms with Gasteiger partial charge in [-0.15, -0.1) is 6.42 Å². The van der Waals surface area contributed by atoms with E-state index in [0.29, 0.717) is 17.8 Å². The topological polar surface area (TPSA) is 34.9 Å². The Hall–Kier alpha value is -2.34. The molecule has 3 nitrogen and oxygen atoms in total. The van der Waals surface area contributed by atoms with Crippen molar-refractivity contribution in [3.8, 4) is 23.7 Å². The zero-order valence-corrected chi connectivity index (χ0v) is 10.3. The number of aryl methyl sites for hydroxylation is 1. The fourth-order valence-electron chi connectivity index (χ4n) is 1.83. The molecule has 0 saturated heterocycles. The van der Waals surface area contributed by atoms with Gasteiger partial charge in [0.15, 0.2) is 0 Å². The summed E-state index contributed by atoms with van der Waals surface area (Å²) in [5.74, 6) is 3.13. The van der Waals surface area contributed by atoms with Gasteiger partial charge >= 0.3 is 0 Å². The van der Waals surface area contributed by atoms with Crippen molar-refractivity contribution in [1.82, 2.24) is 9.55 Å². The molecule has 1 heterocycles. The van der Waals surface area contributed by atoms with Gasteiger partial charge in [-0.2, -0.15) is 0 Å². The molecule has 0 radical (unpaired) electrons. The van der Waals surface area contributed by atoms with E-state index in [4.69, 9.17) is 6.42 Å². The molecule has 3 heteroatoms. The largest absolute Gasteiger partial charge is 0.281 e. The predicted octanol–water partition coefficient (Wildman–Crippen LogP) is 2.11. The number of nitrogens with zero attached hydrogens (tertiary/aromatic N) is 2. The van der Waals surface area contributed by atoms with Gasteiger partial charge in [-0.3, -0.25) is 9.36 Å². The number of hydrogen-bond acceptors (Lipinski definition) is 2. The Morgan fingerprint density at radius 3 is 2.67 bits per heavy atom. The van der Waals surface area contributed by atoms with Gasteiger partial charge in [0.2, 0.25) is 0 Å². The summed E-state index contributed by atoms with van der Waals surface area (Å²) in [6, 6.07) is 9.58. The van der Waals surface area contributed by atoms with Gasteiger partial charge < -0.3 is 0 Å². The maximum absolute atomic E-state index is 12.2. The lowest BCUT2D eigenvalue weighted by molar-refractivity contribution is 0.762. The highest BCUT2D eigenvalue weighted by molar-refractivity contribution is 5.55. The minimum Gasteiger partial charge on any atom is -0.281 e. The molecule has 0 atom stereocenters. The molecular weight excluding hydrogens is 224 g/mol. The first-order valence-corrected chi connectivity index (χ1v) is 5.85. The molecule has 0 aliphatic heterocycles. The second-order valence-corrected chi connectivity index (χ2v) is 3.92. The Morgan fingerprint density at radius 2 is 2.06 bits per heavy atom. The Morgan fingerprint density at radius 1 is 1.33 bits per heavy atom. The number of aromatic nitrogens is 2. The molecule has 1 aromatic carbocycles. The summed E-state index contributed by atoms with van der Waals surface area (Å²) >= 11 is 0. The van der Waals surface area contributed by atoms with Crippen LogP contribution in [0.2, 0.25) is 0 Å². The average Bonchev–Trinajstić information content (AvgIpc) is 2.42. The fraction of sp³-hybridized carbons (Fsp3) is 0.200. The third-order valence-corrected chi connectivity index (χ3v) is 2.78. The summed E-state index contributed by atoms with van der Waals surface area (Å²) in [6.45, 7) is 2.17. The van der Waals surface area contributed by atoms with Gasteiger partial charge in [0, 0.05) is 17.3 Å². The molecule has 2 rings (SSSR count). The van der Waals surface area contributed by atoms with E-state index in [0.717, 1.165) is 5.56 Å². The molecule has 0 bridgehead atoms.